The maximum absolute atomic E-state index is 12.6. The molecule has 2 rings (SSSR count). The van der Waals surface area contributed by atoms with Crippen LogP contribution in [0, 0.1) is 6.92 Å². The van der Waals surface area contributed by atoms with E-state index in [1.54, 1.807) is 18.2 Å². The molecule has 2 aromatic rings. The number of carbonyl (C=O) groups excluding carboxylic acids is 2. The van der Waals surface area contributed by atoms with Crippen LogP contribution in [0.2, 0.25) is 0 Å². The Labute approximate surface area is 160 Å². The van der Waals surface area contributed by atoms with Crippen LogP contribution in [-0.2, 0) is 9.53 Å². The highest BCUT2D eigenvalue weighted by Gasteiger charge is 2.23. The van der Waals surface area contributed by atoms with Crippen molar-refractivity contribution in [3.8, 4) is 5.75 Å². The van der Waals surface area contributed by atoms with Crippen LogP contribution in [0.4, 0.5) is 14.5 Å². The van der Waals surface area contributed by atoms with Crippen LogP contribution in [0.5, 0.6) is 5.75 Å². The van der Waals surface area contributed by atoms with Gasteiger partial charge in [0, 0.05) is 4.90 Å². The number of benzene rings is 2. The predicted molar refractivity (Wildman–Crippen MR) is 99.5 cm³/mol. The fraction of sp³-hybridized carbons (Fsp3) is 0.263. The lowest BCUT2D eigenvalue weighted by atomic mass is 10.2. The summed E-state index contributed by atoms with van der Waals surface area (Å²) in [4.78, 5) is 24.7. The molecule has 0 aliphatic rings. The zero-order valence-corrected chi connectivity index (χ0v) is 15.8. The van der Waals surface area contributed by atoms with Gasteiger partial charge < -0.3 is 14.8 Å². The Morgan fingerprint density at radius 2 is 1.85 bits per heavy atom. The van der Waals surface area contributed by atoms with Crippen molar-refractivity contribution < 1.29 is 27.8 Å². The second-order valence-corrected chi connectivity index (χ2v) is 6.65. The van der Waals surface area contributed by atoms with E-state index in [4.69, 9.17) is 9.47 Å². The second kappa shape index (κ2) is 9.36. The Balaban J connectivity index is 2.09. The molecule has 0 aliphatic heterocycles. The minimum absolute atomic E-state index is 0.0180. The van der Waals surface area contributed by atoms with Gasteiger partial charge in [0.1, 0.15) is 5.75 Å². The molecule has 5 nitrogen and oxygen atoms in total. The topological polar surface area (TPSA) is 64.6 Å². The van der Waals surface area contributed by atoms with Gasteiger partial charge in [-0.2, -0.15) is 8.78 Å². The van der Waals surface area contributed by atoms with Gasteiger partial charge in [-0.15, -0.1) is 0 Å². The maximum Gasteiger partial charge on any atom is 0.340 e. The molecular weight excluding hydrogens is 376 g/mol. The molecule has 0 heterocycles. The van der Waals surface area contributed by atoms with Crippen molar-refractivity contribution in [1.29, 1.82) is 0 Å². The normalized spacial score (nSPS) is 11.8. The van der Waals surface area contributed by atoms with Gasteiger partial charge in [0.15, 0.2) is 6.10 Å². The number of hydrogen-bond donors (Lipinski definition) is 1. The molecule has 0 radical (unpaired) electrons. The summed E-state index contributed by atoms with van der Waals surface area (Å²) < 4.78 is 35.6. The van der Waals surface area contributed by atoms with Crippen molar-refractivity contribution in [1.82, 2.24) is 0 Å². The van der Waals surface area contributed by atoms with Gasteiger partial charge in [-0.3, -0.25) is 4.79 Å². The number of alkyl halides is 2. The minimum atomic E-state index is -2.67. The van der Waals surface area contributed by atoms with Crippen LogP contribution in [0.1, 0.15) is 22.8 Å². The van der Waals surface area contributed by atoms with Crippen LogP contribution >= 0.6 is 11.8 Å². The Kier molecular flexibility index (Phi) is 7.18. The smallest absolute Gasteiger partial charge is 0.340 e. The summed E-state index contributed by atoms with van der Waals surface area (Å²) in [5, 5.41) is 2.64. The third-order valence-corrected chi connectivity index (χ3v) is 4.38. The van der Waals surface area contributed by atoms with Crippen molar-refractivity contribution in [2.24, 2.45) is 0 Å². The molecule has 0 saturated heterocycles. The molecule has 0 aromatic heterocycles. The van der Waals surface area contributed by atoms with E-state index in [2.05, 4.69) is 5.32 Å². The van der Waals surface area contributed by atoms with Gasteiger partial charge >= 0.3 is 5.97 Å². The number of aryl methyl sites for hydroxylation is 1. The zero-order valence-electron chi connectivity index (χ0n) is 15.0. The molecule has 0 fully saturated rings. The molecule has 0 bridgehead atoms. The summed E-state index contributed by atoms with van der Waals surface area (Å²) in [6.45, 7) is 3.26. The van der Waals surface area contributed by atoms with E-state index in [0.29, 0.717) is 11.4 Å². The number of thioether (sulfide) groups is 1. The first-order chi connectivity index (χ1) is 12.8. The van der Waals surface area contributed by atoms with Gasteiger partial charge in [0.2, 0.25) is 0 Å². The molecule has 144 valence electrons. The van der Waals surface area contributed by atoms with Crippen molar-refractivity contribution in [3.05, 3.63) is 53.6 Å². The lowest BCUT2D eigenvalue weighted by Gasteiger charge is -2.16. The van der Waals surface area contributed by atoms with Crippen LogP contribution in [-0.4, -0.2) is 30.8 Å². The van der Waals surface area contributed by atoms with Crippen molar-refractivity contribution in [2.45, 2.75) is 30.6 Å². The summed E-state index contributed by atoms with van der Waals surface area (Å²) in [6, 6.07) is 11.1. The number of rotatable bonds is 7. The number of esters is 1. The van der Waals surface area contributed by atoms with Gasteiger partial charge in [0.05, 0.1) is 18.4 Å². The lowest BCUT2D eigenvalue weighted by molar-refractivity contribution is -0.123. The van der Waals surface area contributed by atoms with E-state index in [-0.39, 0.29) is 22.2 Å². The molecule has 8 heteroatoms. The highest BCUT2D eigenvalue weighted by atomic mass is 32.2. The molecule has 0 spiro atoms. The SMILES string of the molecule is COc1ccc(C)cc1NC(=O)[C@@H](C)OC(=O)c1ccccc1SC(F)F. The van der Waals surface area contributed by atoms with Crippen LogP contribution in [0.25, 0.3) is 0 Å². The number of amides is 1. The number of ether oxygens (including phenoxy) is 2. The number of hydrogen-bond acceptors (Lipinski definition) is 5. The third-order valence-electron chi connectivity index (χ3n) is 3.59. The van der Waals surface area contributed by atoms with Gasteiger partial charge in [-0.25, -0.2) is 4.79 Å². The predicted octanol–water partition coefficient (Wildman–Crippen LogP) is 4.50. The first-order valence-electron chi connectivity index (χ1n) is 8.02. The van der Waals surface area contributed by atoms with E-state index in [1.807, 2.05) is 13.0 Å². The molecule has 1 N–H and O–H groups in total. The highest BCUT2D eigenvalue weighted by molar-refractivity contribution is 7.99. The fourth-order valence-electron chi connectivity index (χ4n) is 2.27. The average Bonchev–Trinajstić information content (AvgIpc) is 2.61. The summed E-state index contributed by atoms with van der Waals surface area (Å²) in [5.41, 5.74) is 1.34. The van der Waals surface area contributed by atoms with Crippen molar-refractivity contribution >= 4 is 29.3 Å². The summed E-state index contributed by atoms with van der Waals surface area (Å²) in [6.07, 6.45) is -1.13. The number of nitrogens with one attached hydrogen (secondary N) is 1. The van der Waals surface area contributed by atoms with Crippen LogP contribution in [0.15, 0.2) is 47.4 Å². The number of anilines is 1. The number of carbonyl (C=O) groups is 2. The van der Waals surface area contributed by atoms with E-state index >= 15 is 0 Å². The summed E-state index contributed by atoms with van der Waals surface area (Å²) >= 11 is 0.247. The van der Waals surface area contributed by atoms with Gasteiger partial charge in [0.25, 0.3) is 11.7 Å². The Bertz CT molecular complexity index is 829. The van der Waals surface area contributed by atoms with E-state index in [0.717, 1.165) is 5.56 Å². The molecule has 1 amide bonds. The monoisotopic (exact) mass is 395 g/mol. The van der Waals surface area contributed by atoms with Crippen molar-refractivity contribution in [2.75, 3.05) is 12.4 Å². The molecule has 0 aliphatic carbocycles. The molecule has 0 unspecified atom stereocenters. The second-order valence-electron chi connectivity index (χ2n) is 5.62. The molecule has 27 heavy (non-hydrogen) atoms. The first kappa shape index (κ1) is 20.7. The zero-order chi connectivity index (χ0) is 20.0. The third kappa shape index (κ3) is 5.68. The molecular formula is C19H19F2NO4S. The standard InChI is InChI=1S/C19H19F2NO4S/c1-11-8-9-15(25-3)14(10-11)22-17(23)12(2)26-18(24)13-6-4-5-7-16(13)27-19(20)21/h4-10,12,19H,1-3H3,(H,22,23)/t12-/m1/s1. The number of halogens is 2. The Hall–Kier alpha value is -2.61. The van der Waals surface area contributed by atoms with E-state index in [9.17, 15) is 18.4 Å². The Morgan fingerprint density at radius 1 is 1.15 bits per heavy atom. The van der Waals surface area contributed by atoms with E-state index < -0.39 is 23.7 Å². The van der Waals surface area contributed by atoms with Crippen molar-refractivity contribution in [3.63, 3.8) is 0 Å². The van der Waals surface area contributed by atoms with Crippen LogP contribution < -0.4 is 10.1 Å². The van der Waals surface area contributed by atoms with Gasteiger partial charge in [-0.05, 0) is 43.7 Å². The largest absolute Gasteiger partial charge is 0.495 e. The van der Waals surface area contributed by atoms with Gasteiger partial charge in [-0.1, -0.05) is 30.0 Å². The first-order valence-corrected chi connectivity index (χ1v) is 8.90. The fourth-order valence-corrected chi connectivity index (χ4v) is 2.89. The molecule has 1 atom stereocenters. The molecule has 0 saturated carbocycles. The summed E-state index contributed by atoms with van der Waals surface area (Å²) in [7, 11) is 1.47. The highest BCUT2D eigenvalue weighted by Crippen LogP contribution is 2.29. The number of methoxy groups -OCH3 is 1. The van der Waals surface area contributed by atoms with Crippen LogP contribution in [0.3, 0.4) is 0 Å². The Morgan fingerprint density at radius 3 is 2.52 bits per heavy atom. The maximum atomic E-state index is 12.6. The molecule has 2 aromatic carbocycles. The average molecular weight is 395 g/mol. The lowest BCUT2D eigenvalue weighted by Crippen LogP contribution is -2.30. The summed E-state index contributed by atoms with van der Waals surface area (Å²) in [5.74, 6) is -3.62. The quantitative estimate of drug-likeness (QED) is 0.552. The minimum Gasteiger partial charge on any atom is -0.495 e. The van der Waals surface area contributed by atoms with E-state index in [1.165, 1.54) is 32.2 Å².